The zero-order valence-corrected chi connectivity index (χ0v) is 19.1. The molecule has 0 heterocycles. The van der Waals surface area contributed by atoms with Crippen LogP contribution >= 0.6 is 12.4 Å². The minimum Gasteiger partial charge on any atom is -0.504 e. The van der Waals surface area contributed by atoms with E-state index in [4.69, 9.17) is 20.7 Å². The summed E-state index contributed by atoms with van der Waals surface area (Å²) in [5, 5.41) is 30.4. The van der Waals surface area contributed by atoms with Gasteiger partial charge in [-0.3, -0.25) is 0 Å². The summed E-state index contributed by atoms with van der Waals surface area (Å²) in [6.07, 6.45) is -0.670. The number of esters is 1. The summed E-state index contributed by atoms with van der Waals surface area (Å²) in [7, 11) is 1.73. The molecule has 0 aliphatic heterocycles. The van der Waals surface area contributed by atoms with Gasteiger partial charge in [-0.25, -0.2) is 4.79 Å². The molecule has 0 aromatic heterocycles. The Kier molecular flexibility index (Phi) is 14.1. The average Bonchev–Trinajstić information content (AvgIpc) is 2.74. The molecule has 0 unspecified atom stereocenters. The molecule has 0 aliphatic carbocycles. The third-order valence-corrected chi connectivity index (χ3v) is 4.46. The van der Waals surface area contributed by atoms with Gasteiger partial charge in [-0.2, -0.15) is 0 Å². The van der Waals surface area contributed by atoms with E-state index >= 15 is 0 Å². The van der Waals surface area contributed by atoms with Crippen molar-refractivity contribution < 1.29 is 24.9 Å². The summed E-state index contributed by atoms with van der Waals surface area (Å²) in [5.74, 6) is -0.690. The second kappa shape index (κ2) is 15.3. The number of phenolic OH excluding ortho intramolecular Hbond substituents is 2. The van der Waals surface area contributed by atoms with E-state index in [1.54, 1.807) is 37.4 Å². The number of anilines is 1. The number of nitrogen functional groups attached to an aromatic ring is 1. The second-order valence-electron chi connectivity index (χ2n) is 6.61. The van der Waals surface area contributed by atoms with Crippen LogP contribution in [0.25, 0.3) is 0 Å². The third-order valence-electron chi connectivity index (χ3n) is 4.46. The van der Waals surface area contributed by atoms with Gasteiger partial charge >= 0.3 is 5.97 Å². The van der Waals surface area contributed by atoms with Gasteiger partial charge in [-0.05, 0) is 62.1 Å². The van der Waals surface area contributed by atoms with Crippen molar-refractivity contribution in [3.63, 3.8) is 0 Å². The fraction of sp³-hybridized carbons (Fsp3) is 0.409. The Hall–Kier alpha value is -2.52. The molecular formula is C22H34ClN3O5. The third kappa shape index (κ3) is 10.4. The summed E-state index contributed by atoms with van der Waals surface area (Å²) in [5.41, 5.74) is 7.30. The minimum atomic E-state index is -0.670. The van der Waals surface area contributed by atoms with Crippen molar-refractivity contribution in [2.45, 2.75) is 20.0 Å². The Morgan fingerprint density at radius 1 is 1.10 bits per heavy atom. The lowest BCUT2D eigenvalue weighted by atomic mass is 10.1. The van der Waals surface area contributed by atoms with Crippen LogP contribution < -0.4 is 11.1 Å². The number of aromatic hydroxyl groups is 2. The van der Waals surface area contributed by atoms with Crippen LogP contribution in [0.3, 0.4) is 0 Å². The van der Waals surface area contributed by atoms with Crippen LogP contribution in [-0.4, -0.2) is 66.0 Å². The molecule has 2 aromatic rings. The Morgan fingerprint density at radius 3 is 2.23 bits per heavy atom. The molecule has 0 radical (unpaired) electrons. The van der Waals surface area contributed by atoms with Gasteiger partial charge in [0, 0.05) is 18.8 Å². The van der Waals surface area contributed by atoms with Crippen LogP contribution in [-0.2, 0) is 4.74 Å². The summed E-state index contributed by atoms with van der Waals surface area (Å²) in [4.78, 5) is 13.8. The van der Waals surface area contributed by atoms with Crippen molar-refractivity contribution >= 4 is 24.1 Å². The molecule has 0 spiro atoms. The summed E-state index contributed by atoms with van der Waals surface area (Å²) < 4.78 is 5.18. The van der Waals surface area contributed by atoms with Crippen molar-refractivity contribution in [3.8, 4) is 11.5 Å². The fourth-order valence-electron chi connectivity index (χ4n) is 2.57. The van der Waals surface area contributed by atoms with Crippen LogP contribution in [0.2, 0.25) is 0 Å². The van der Waals surface area contributed by atoms with Gasteiger partial charge in [0.2, 0.25) is 0 Å². The van der Waals surface area contributed by atoms with E-state index in [1.807, 2.05) is 0 Å². The summed E-state index contributed by atoms with van der Waals surface area (Å²) >= 11 is 0. The molecule has 2 rings (SSSR count). The fourth-order valence-corrected chi connectivity index (χ4v) is 2.57. The van der Waals surface area contributed by atoms with E-state index in [0.29, 0.717) is 30.0 Å². The molecule has 0 saturated carbocycles. The number of carbonyl (C=O) groups is 1. The van der Waals surface area contributed by atoms with Crippen LogP contribution in [0.4, 0.5) is 5.69 Å². The summed E-state index contributed by atoms with van der Waals surface area (Å²) in [6.45, 7) is 7.71. The first-order chi connectivity index (χ1) is 14.3. The number of nitrogens with one attached hydrogen (secondary N) is 1. The van der Waals surface area contributed by atoms with E-state index in [0.717, 1.165) is 19.6 Å². The number of rotatable bonds is 9. The first-order valence-corrected chi connectivity index (χ1v) is 9.91. The lowest BCUT2D eigenvalue weighted by Gasteiger charge is -2.17. The molecule has 6 N–H and O–H groups in total. The van der Waals surface area contributed by atoms with Gasteiger partial charge in [-0.15, -0.1) is 12.4 Å². The number of hydrogen-bond donors (Lipinski definition) is 5. The van der Waals surface area contributed by atoms with E-state index in [9.17, 15) is 9.90 Å². The standard InChI is InChI=1S/C13H20N2O2.C9H13NO3.ClH/c1-3-15(4-2)9-10-17-13(16)11-5-7-12(14)8-6-11;1-10-5-9(13)6-2-3-7(11)8(12)4-6;/h5-8H,3-4,9-10,14H2,1-2H3;2-4,9-13H,5H2,1H3;1H/t;9-;/m.0./s1. The molecule has 0 bridgehead atoms. The highest BCUT2D eigenvalue weighted by Crippen LogP contribution is 2.27. The molecular weight excluding hydrogens is 422 g/mol. The number of halogens is 1. The Balaban J connectivity index is 0.000000581. The number of ether oxygens (including phenoxy) is 1. The highest BCUT2D eigenvalue weighted by Gasteiger charge is 2.09. The molecule has 1 atom stereocenters. The van der Waals surface area contributed by atoms with Crippen LogP contribution in [0, 0.1) is 0 Å². The quantitative estimate of drug-likeness (QED) is 0.222. The van der Waals surface area contributed by atoms with Crippen molar-refractivity contribution in [2.24, 2.45) is 0 Å². The minimum absolute atomic E-state index is 0. The molecule has 0 fully saturated rings. The predicted molar refractivity (Wildman–Crippen MR) is 125 cm³/mol. The zero-order chi connectivity index (χ0) is 22.5. The Labute approximate surface area is 190 Å². The molecule has 8 nitrogen and oxygen atoms in total. The SMILES string of the molecule is CCN(CC)CCOC(=O)c1ccc(N)cc1.CNC[C@H](O)c1ccc(O)c(O)c1.Cl. The number of nitrogens with zero attached hydrogens (tertiary/aromatic N) is 1. The average molecular weight is 456 g/mol. The highest BCUT2D eigenvalue weighted by atomic mass is 35.5. The predicted octanol–water partition coefficient (Wildman–Crippen LogP) is 2.54. The smallest absolute Gasteiger partial charge is 0.338 e. The number of aliphatic hydroxyl groups excluding tert-OH is 1. The topological polar surface area (TPSA) is 128 Å². The number of carbonyl (C=O) groups excluding carboxylic acids is 1. The molecule has 174 valence electrons. The largest absolute Gasteiger partial charge is 0.504 e. The van der Waals surface area contributed by atoms with E-state index < -0.39 is 6.10 Å². The maximum Gasteiger partial charge on any atom is 0.338 e. The highest BCUT2D eigenvalue weighted by molar-refractivity contribution is 5.89. The van der Waals surface area contributed by atoms with Gasteiger partial charge in [0.05, 0.1) is 11.7 Å². The van der Waals surface area contributed by atoms with Crippen molar-refractivity contribution in [3.05, 3.63) is 53.6 Å². The van der Waals surface area contributed by atoms with Gasteiger partial charge in [0.15, 0.2) is 11.5 Å². The van der Waals surface area contributed by atoms with Crippen LogP contribution in [0.5, 0.6) is 11.5 Å². The monoisotopic (exact) mass is 455 g/mol. The number of phenols is 2. The van der Waals surface area contributed by atoms with Crippen molar-refractivity contribution in [1.82, 2.24) is 10.2 Å². The number of likely N-dealkylation sites (N-methyl/N-ethyl adjacent to an activating group) is 2. The lowest BCUT2D eigenvalue weighted by Crippen LogP contribution is -2.27. The number of hydrogen-bond acceptors (Lipinski definition) is 8. The second-order valence-corrected chi connectivity index (χ2v) is 6.61. The molecule has 31 heavy (non-hydrogen) atoms. The van der Waals surface area contributed by atoms with Crippen LogP contribution in [0.15, 0.2) is 42.5 Å². The first kappa shape index (κ1) is 28.5. The first-order valence-electron chi connectivity index (χ1n) is 9.91. The number of nitrogens with two attached hydrogens (primary N) is 1. The maximum atomic E-state index is 11.6. The lowest BCUT2D eigenvalue weighted by molar-refractivity contribution is 0.0466. The van der Waals surface area contributed by atoms with E-state index in [1.165, 1.54) is 12.1 Å². The van der Waals surface area contributed by atoms with Gasteiger partial charge in [0.25, 0.3) is 0 Å². The van der Waals surface area contributed by atoms with Gasteiger partial charge < -0.3 is 36.0 Å². The molecule has 9 heteroatoms. The van der Waals surface area contributed by atoms with Gasteiger partial charge in [-0.1, -0.05) is 19.9 Å². The maximum absolute atomic E-state index is 11.6. The summed E-state index contributed by atoms with van der Waals surface area (Å²) in [6, 6.07) is 11.0. The zero-order valence-electron chi connectivity index (χ0n) is 18.2. The Bertz CT molecular complexity index is 770. The van der Waals surface area contributed by atoms with E-state index in [2.05, 4.69) is 24.1 Å². The van der Waals surface area contributed by atoms with Gasteiger partial charge in [0.1, 0.15) is 6.61 Å². The molecule has 0 aliphatic rings. The molecule has 0 amide bonds. The number of aliphatic hydroxyl groups is 1. The van der Waals surface area contributed by atoms with Crippen molar-refractivity contribution in [2.75, 3.05) is 45.6 Å². The Morgan fingerprint density at radius 2 is 1.71 bits per heavy atom. The normalized spacial score (nSPS) is 11.1. The van der Waals surface area contributed by atoms with Crippen LogP contribution in [0.1, 0.15) is 35.9 Å². The molecule has 0 saturated heterocycles. The van der Waals surface area contributed by atoms with Crippen molar-refractivity contribution in [1.29, 1.82) is 0 Å². The number of benzene rings is 2. The van der Waals surface area contributed by atoms with E-state index in [-0.39, 0.29) is 29.9 Å². The molecule has 2 aromatic carbocycles.